The number of halogens is 1. The minimum absolute atomic E-state index is 0.00537. The Morgan fingerprint density at radius 2 is 2.03 bits per heavy atom. The molecule has 0 amide bonds. The van der Waals surface area contributed by atoms with E-state index in [1.54, 1.807) is 6.07 Å². The van der Waals surface area contributed by atoms with Crippen LogP contribution in [0.4, 0.5) is 10.3 Å². The molecule has 1 fully saturated rings. The predicted molar refractivity (Wildman–Crippen MR) is 123 cm³/mol. The first-order chi connectivity index (χ1) is 15.6. The van der Waals surface area contributed by atoms with Crippen LogP contribution in [0.3, 0.4) is 0 Å². The fraction of sp³-hybridized carbons (Fsp3) is 0.440. The fourth-order valence-corrected chi connectivity index (χ4v) is 4.93. The van der Waals surface area contributed by atoms with Gasteiger partial charge in [0.1, 0.15) is 5.82 Å². The van der Waals surface area contributed by atoms with Gasteiger partial charge in [-0.2, -0.15) is 0 Å². The van der Waals surface area contributed by atoms with Crippen molar-refractivity contribution in [3.63, 3.8) is 0 Å². The number of anilines is 1. The Hall–Kier alpha value is -2.93. The van der Waals surface area contributed by atoms with Crippen LogP contribution in [0.1, 0.15) is 42.3 Å². The zero-order valence-electron chi connectivity index (χ0n) is 18.6. The first kappa shape index (κ1) is 20.9. The molecule has 0 saturated carbocycles. The second-order valence-electron chi connectivity index (χ2n) is 9.19. The minimum atomic E-state index is -0.179. The lowest BCUT2D eigenvalue weighted by Crippen LogP contribution is -2.39. The van der Waals surface area contributed by atoms with Crippen LogP contribution in [0.5, 0.6) is 0 Å². The topological polar surface area (TPSA) is 57.2 Å². The summed E-state index contributed by atoms with van der Waals surface area (Å²) in [5.41, 5.74) is 3.53. The quantitative estimate of drug-likeness (QED) is 0.666. The monoisotopic (exact) mass is 435 g/mol. The number of piperidine rings is 1. The van der Waals surface area contributed by atoms with Gasteiger partial charge in [0.2, 0.25) is 5.95 Å². The van der Waals surface area contributed by atoms with Crippen molar-refractivity contribution in [2.24, 2.45) is 5.92 Å². The zero-order chi connectivity index (χ0) is 22.1. The lowest BCUT2D eigenvalue weighted by Gasteiger charge is -2.33. The number of H-pyrrole nitrogens is 1. The molecule has 0 aliphatic carbocycles. The number of fused-ring (bicyclic) bond motifs is 1. The Bertz CT molecular complexity index is 1150. The van der Waals surface area contributed by atoms with Crippen molar-refractivity contribution >= 4 is 5.95 Å². The number of nitrogens with zero attached hydrogens (tertiary/aromatic N) is 4. The lowest BCUT2D eigenvalue weighted by atomic mass is 10.0. The first-order valence-electron chi connectivity index (χ1n) is 11.5. The molecule has 32 heavy (non-hydrogen) atoms. The highest BCUT2D eigenvalue weighted by Crippen LogP contribution is 2.23. The van der Waals surface area contributed by atoms with Gasteiger partial charge in [-0.3, -0.25) is 14.7 Å². The van der Waals surface area contributed by atoms with Gasteiger partial charge >= 0.3 is 0 Å². The molecule has 0 unspecified atom stereocenters. The number of benzene rings is 1. The average Bonchev–Trinajstić information content (AvgIpc) is 3.21. The van der Waals surface area contributed by atoms with E-state index in [1.807, 2.05) is 24.4 Å². The molecule has 3 aromatic rings. The number of rotatable bonds is 5. The summed E-state index contributed by atoms with van der Waals surface area (Å²) in [7, 11) is 0. The summed E-state index contributed by atoms with van der Waals surface area (Å²) < 4.78 is 16.2. The van der Waals surface area contributed by atoms with E-state index < -0.39 is 0 Å². The van der Waals surface area contributed by atoms with E-state index in [0.29, 0.717) is 36.9 Å². The van der Waals surface area contributed by atoms with Gasteiger partial charge in [-0.05, 0) is 43.4 Å². The van der Waals surface area contributed by atoms with E-state index in [9.17, 15) is 9.18 Å². The highest BCUT2D eigenvalue weighted by molar-refractivity contribution is 5.35. The average molecular weight is 436 g/mol. The normalized spacial score (nSPS) is 19.2. The molecule has 1 aromatic carbocycles. The molecular weight excluding hydrogens is 405 g/mol. The van der Waals surface area contributed by atoms with Crippen LogP contribution in [-0.4, -0.2) is 39.1 Å². The highest BCUT2D eigenvalue weighted by Gasteiger charge is 2.25. The molecule has 0 bridgehead atoms. The summed E-state index contributed by atoms with van der Waals surface area (Å²) in [6.07, 6.45) is 5.06. The third-order valence-corrected chi connectivity index (χ3v) is 6.70. The van der Waals surface area contributed by atoms with Gasteiger partial charge < -0.3 is 9.47 Å². The summed E-state index contributed by atoms with van der Waals surface area (Å²) in [6.45, 7) is 6.85. The van der Waals surface area contributed by atoms with Crippen molar-refractivity contribution in [1.82, 2.24) is 19.4 Å². The molecule has 168 valence electrons. The van der Waals surface area contributed by atoms with Crippen LogP contribution in [0.15, 0.2) is 47.4 Å². The third kappa shape index (κ3) is 4.35. The second kappa shape index (κ2) is 8.90. The molecule has 0 spiro atoms. The number of aromatic amines is 1. The number of nitrogens with one attached hydrogen (secondary N) is 1. The molecule has 0 radical (unpaired) electrons. The SMILES string of the molecule is C[C@H]1CCCN(c2nc3c(c(=O)[nH]2)CCN(Cc2cccn2Cc2ccccc2F)C3)C1. The van der Waals surface area contributed by atoms with E-state index >= 15 is 0 Å². The molecule has 1 saturated heterocycles. The zero-order valence-corrected chi connectivity index (χ0v) is 18.6. The van der Waals surface area contributed by atoms with Crippen LogP contribution in [0, 0.1) is 11.7 Å². The minimum Gasteiger partial charge on any atom is -0.346 e. The van der Waals surface area contributed by atoms with Crippen molar-refractivity contribution < 1.29 is 4.39 Å². The maximum Gasteiger partial charge on any atom is 0.255 e. The van der Waals surface area contributed by atoms with Crippen LogP contribution in [0.2, 0.25) is 0 Å². The molecule has 4 heterocycles. The van der Waals surface area contributed by atoms with Gasteiger partial charge in [-0.15, -0.1) is 0 Å². The molecule has 2 aromatic heterocycles. The Kier molecular flexibility index (Phi) is 5.83. The van der Waals surface area contributed by atoms with Crippen LogP contribution < -0.4 is 10.5 Å². The smallest absolute Gasteiger partial charge is 0.255 e. The molecule has 6 nitrogen and oxygen atoms in total. The first-order valence-corrected chi connectivity index (χ1v) is 11.5. The van der Waals surface area contributed by atoms with Crippen molar-refractivity contribution in [3.8, 4) is 0 Å². The van der Waals surface area contributed by atoms with Crippen molar-refractivity contribution in [3.05, 3.63) is 81.3 Å². The van der Waals surface area contributed by atoms with Crippen molar-refractivity contribution in [1.29, 1.82) is 0 Å². The molecule has 1 atom stereocenters. The lowest BCUT2D eigenvalue weighted by molar-refractivity contribution is 0.234. The van der Waals surface area contributed by atoms with Gasteiger partial charge in [-0.1, -0.05) is 25.1 Å². The molecular formula is C25H30FN5O. The van der Waals surface area contributed by atoms with E-state index in [-0.39, 0.29) is 11.4 Å². The van der Waals surface area contributed by atoms with E-state index in [0.717, 1.165) is 49.6 Å². The van der Waals surface area contributed by atoms with E-state index in [1.165, 1.54) is 12.5 Å². The van der Waals surface area contributed by atoms with Gasteiger partial charge in [0, 0.05) is 55.7 Å². The number of aromatic nitrogens is 3. The van der Waals surface area contributed by atoms with Crippen molar-refractivity contribution in [2.45, 2.75) is 45.8 Å². The Labute approximate surface area is 187 Å². The summed E-state index contributed by atoms with van der Waals surface area (Å²) >= 11 is 0. The van der Waals surface area contributed by atoms with Gasteiger partial charge in [0.05, 0.1) is 12.2 Å². The Balaban J connectivity index is 1.32. The third-order valence-electron chi connectivity index (χ3n) is 6.70. The molecule has 5 rings (SSSR count). The van der Waals surface area contributed by atoms with Gasteiger partial charge in [-0.25, -0.2) is 9.37 Å². The van der Waals surface area contributed by atoms with Crippen LogP contribution in [0.25, 0.3) is 0 Å². The van der Waals surface area contributed by atoms with E-state index in [2.05, 4.69) is 32.3 Å². The Morgan fingerprint density at radius 3 is 2.88 bits per heavy atom. The Morgan fingerprint density at radius 1 is 1.16 bits per heavy atom. The second-order valence-corrected chi connectivity index (χ2v) is 9.19. The summed E-state index contributed by atoms with van der Waals surface area (Å²) in [5.74, 6) is 1.15. The fourth-order valence-electron chi connectivity index (χ4n) is 4.93. The summed E-state index contributed by atoms with van der Waals surface area (Å²) in [4.78, 5) is 25.2. The molecule has 7 heteroatoms. The molecule has 1 N–H and O–H groups in total. The highest BCUT2D eigenvalue weighted by atomic mass is 19.1. The maximum atomic E-state index is 14.1. The van der Waals surface area contributed by atoms with Crippen LogP contribution >= 0.6 is 0 Å². The largest absolute Gasteiger partial charge is 0.346 e. The maximum absolute atomic E-state index is 14.1. The molecule has 2 aliphatic heterocycles. The number of hydrogen-bond acceptors (Lipinski definition) is 4. The standard InChI is InChI=1S/C25H30FN5O/c1-18-6-4-12-31(14-18)25-27-23-17-29(13-10-21(23)24(32)28-25)16-20-8-5-11-30(20)15-19-7-2-3-9-22(19)26/h2-3,5,7-9,11,18H,4,6,10,12-17H2,1H3,(H,27,28,32)/t18-/m0/s1. The summed E-state index contributed by atoms with van der Waals surface area (Å²) in [5, 5.41) is 0. The van der Waals surface area contributed by atoms with Gasteiger partial charge in [0.15, 0.2) is 0 Å². The van der Waals surface area contributed by atoms with E-state index in [4.69, 9.17) is 4.98 Å². The van der Waals surface area contributed by atoms with Gasteiger partial charge in [0.25, 0.3) is 5.56 Å². The summed E-state index contributed by atoms with van der Waals surface area (Å²) in [6, 6.07) is 11.0. The predicted octanol–water partition coefficient (Wildman–Crippen LogP) is 3.55. The molecule has 2 aliphatic rings. The van der Waals surface area contributed by atoms with Crippen molar-refractivity contribution in [2.75, 3.05) is 24.5 Å². The van der Waals surface area contributed by atoms with Crippen LogP contribution in [-0.2, 0) is 26.1 Å². The number of hydrogen-bond donors (Lipinski definition) is 1.